The Morgan fingerprint density at radius 2 is 2.11 bits per heavy atom. The average molecular weight is 408 g/mol. The van der Waals surface area contributed by atoms with Gasteiger partial charge in [0.05, 0.1) is 5.02 Å². The molecule has 2 heterocycles. The SMILES string of the molecule is C[C@H]1CN(C(=O)CC[C@@]2(C3CC3)NC(=O)NC2=O)CCc2cc(F)c(Cl)cc21. The molecule has 0 spiro atoms. The number of amides is 4. The maximum Gasteiger partial charge on any atom is 0.322 e. The van der Waals surface area contributed by atoms with Gasteiger partial charge in [-0.2, -0.15) is 0 Å². The van der Waals surface area contributed by atoms with Crippen LogP contribution in [0.2, 0.25) is 5.02 Å². The van der Waals surface area contributed by atoms with Crippen molar-refractivity contribution in [1.82, 2.24) is 15.5 Å². The van der Waals surface area contributed by atoms with Gasteiger partial charge in [0.25, 0.3) is 5.91 Å². The van der Waals surface area contributed by atoms with Crippen molar-refractivity contribution in [1.29, 1.82) is 0 Å². The first-order valence-electron chi connectivity index (χ1n) is 9.69. The normalized spacial score (nSPS) is 27.1. The highest BCUT2D eigenvalue weighted by molar-refractivity contribution is 6.30. The highest BCUT2D eigenvalue weighted by atomic mass is 35.5. The summed E-state index contributed by atoms with van der Waals surface area (Å²) < 4.78 is 13.8. The number of rotatable bonds is 4. The smallest absolute Gasteiger partial charge is 0.322 e. The van der Waals surface area contributed by atoms with Crippen LogP contribution in [-0.2, 0) is 16.0 Å². The lowest BCUT2D eigenvalue weighted by Gasteiger charge is -2.28. The lowest BCUT2D eigenvalue weighted by Crippen LogP contribution is -2.50. The first-order valence-corrected chi connectivity index (χ1v) is 10.1. The van der Waals surface area contributed by atoms with Gasteiger partial charge in [-0.3, -0.25) is 14.9 Å². The van der Waals surface area contributed by atoms with E-state index < -0.39 is 17.4 Å². The number of nitrogens with zero attached hydrogens (tertiary/aromatic N) is 1. The number of nitrogens with one attached hydrogen (secondary N) is 2. The summed E-state index contributed by atoms with van der Waals surface area (Å²) in [6.45, 7) is 3.00. The summed E-state index contributed by atoms with van der Waals surface area (Å²) in [6, 6.07) is 2.63. The molecule has 4 rings (SSSR count). The standard InChI is InChI=1S/C20H23ClFN3O3/c1-11-10-25(7-5-12-8-16(22)15(21)9-14(11)12)17(26)4-6-20(13-2-3-13)18(27)23-19(28)24-20/h8-9,11,13H,2-7,10H2,1H3,(H2,23,24,27,28)/t11-,20-/m0/s1. The molecule has 2 N–H and O–H groups in total. The summed E-state index contributed by atoms with van der Waals surface area (Å²) in [5.74, 6) is -0.688. The van der Waals surface area contributed by atoms with Crippen LogP contribution >= 0.6 is 11.6 Å². The van der Waals surface area contributed by atoms with E-state index >= 15 is 0 Å². The van der Waals surface area contributed by atoms with E-state index in [0.29, 0.717) is 25.9 Å². The lowest BCUT2D eigenvalue weighted by molar-refractivity contribution is -0.132. The van der Waals surface area contributed by atoms with Crippen LogP contribution in [0.1, 0.15) is 49.7 Å². The number of imide groups is 1. The molecule has 1 aromatic carbocycles. The van der Waals surface area contributed by atoms with Gasteiger partial charge in [0.2, 0.25) is 5.91 Å². The van der Waals surface area contributed by atoms with Gasteiger partial charge in [-0.1, -0.05) is 18.5 Å². The van der Waals surface area contributed by atoms with Gasteiger partial charge in [-0.25, -0.2) is 9.18 Å². The van der Waals surface area contributed by atoms with Crippen LogP contribution in [0.25, 0.3) is 0 Å². The van der Waals surface area contributed by atoms with Crippen molar-refractivity contribution >= 4 is 29.4 Å². The van der Waals surface area contributed by atoms with Crippen LogP contribution in [0, 0.1) is 11.7 Å². The minimum absolute atomic E-state index is 0.0337. The summed E-state index contributed by atoms with van der Waals surface area (Å²) >= 11 is 5.93. The van der Waals surface area contributed by atoms with E-state index in [4.69, 9.17) is 11.6 Å². The van der Waals surface area contributed by atoms with Crippen LogP contribution in [0.4, 0.5) is 9.18 Å². The fourth-order valence-electron chi connectivity index (χ4n) is 4.49. The number of fused-ring (bicyclic) bond motifs is 1. The fourth-order valence-corrected chi connectivity index (χ4v) is 4.66. The van der Waals surface area contributed by atoms with Crippen molar-refractivity contribution in [3.05, 3.63) is 34.1 Å². The molecule has 8 heteroatoms. The van der Waals surface area contributed by atoms with Crippen molar-refractivity contribution in [2.45, 2.75) is 50.5 Å². The van der Waals surface area contributed by atoms with Gasteiger partial charge in [0.15, 0.2) is 0 Å². The van der Waals surface area contributed by atoms with Crippen LogP contribution in [0.15, 0.2) is 12.1 Å². The second kappa shape index (κ2) is 7.03. The maximum absolute atomic E-state index is 13.8. The fraction of sp³-hybridized carbons (Fsp3) is 0.550. The molecule has 0 bridgehead atoms. The van der Waals surface area contributed by atoms with E-state index in [0.717, 1.165) is 24.0 Å². The summed E-state index contributed by atoms with van der Waals surface area (Å²) in [6.07, 6.45) is 2.80. The molecule has 1 saturated carbocycles. The zero-order valence-corrected chi connectivity index (χ0v) is 16.4. The number of benzene rings is 1. The molecule has 0 radical (unpaired) electrons. The quantitative estimate of drug-likeness (QED) is 0.753. The van der Waals surface area contributed by atoms with Crippen LogP contribution in [0.3, 0.4) is 0 Å². The van der Waals surface area contributed by atoms with Crippen LogP contribution < -0.4 is 10.6 Å². The number of urea groups is 1. The third kappa shape index (κ3) is 3.36. The first-order chi connectivity index (χ1) is 13.3. The van der Waals surface area contributed by atoms with E-state index in [1.54, 1.807) is 11.0 Å². The van der Waals surface area contributed by atoms with Crippen LogP contribution in [-0.4, -0.2) is 41.4 Å². The monoisotopic (exact) mass is 407 g/mol. The summed E-state index contributed by atoms with van der Waals surface area (Å²) in [5.41, 5.74) is 0.893. The molecule has 6 nitrogen and oxygen atoms in total. The Hall–Kier alpha value is -2.15. The van der Waals surface area contributed by atoms with Crippen molar-refractivity contribution in [3.63, 3.8) is 0 Å². The molecule has 1 saturated heterocycles. The minimum atomic E-state index is -0.955. The highest BCUT2D eigenvalue weighted by Gasteiger charge is 2.55. The average Bonchev–Trinajstić information content (AvgIpc) is 3.45. The molecule has 28 heavy (non-hydrogen) atoms. The van der Waals surface area contributed by atoms with Gasteiger partial charge >= 0.3 is 6.03 Å². The largest absolute Gasteiger partial charge is 0.342 e. The van der Waals surface area contributed by atoms with E-state index in [-0.39, 0.29) is 35.1 Å². The van der Waals surface area contributed by atoms with E-state index in [1.807, 2.05) is 6.92 Å². The van der Waals surface area contributed by atoms with E-state index in [2.05, 4.69) is 10.6 Å². The Morgan fingerprint density at radius 3 is 2.75 bits per heavy atom. The van der Waals surface area contributed by atoms with Gasteiger partial charge in [0.1, 0.15) is 11.4 Å². The molecule has 3 aliphatic rings. The van der Waals surface area contributed by atoms with E-state index in [1.165, 1.54) is 6.07 Å². The predicted octanol–water partition coefficient (Wildman–Crippen LogP) is 2.74. The Kier molecular flexibility index (Phi) is 4.81. The number of hydrogen-bond donors (Lipinski definition) is 2. The van der Waals surface area contributed by atoms with E-state index in [9.17, 15) is 18.8 Å². The zero-order valence-electron chi connectivity index (χ0n) is 15.7. The van der Waals surface area contributed by atoms with Crippen molar-refractivity contribution in [2.75, 3.05) is 13.1 Å². The molecular weight excluding hydrogens is 385 g/mol. The third-order valence-electron chi connectivity index (χ3n) is 6.19. The molecule has 0 aromatic heterocycles. The molecule has 2 aliphatic heterocycles. The first kappa shape index (κ1) is 19.2. The maximum atomic E-state index is 13.8. The number of halogens is 2. The van der Waals surface area contributed by atoms with Gasteiger partial charge in [-0.15, -0.1) is 0 Å². The summed E-state index contributed by atoms with van der Waals surface area (Å²) in [4.78, 5) is 38.6. The number of hydrogen-bond acceptors (Lipinski definition) is 3. The molecule has 150 valence electrons. The molecule has 1 aromatic rings. The zero-order chi connectivity index (χ0) is 20.1. The Labute approximate surface area is 167 Å². The summed E-state index contributed by atoms with van der Waals surface area (Å²) in [7, 11) is 0. The molecule has 2 atom stereocenters. The summed E-state index contributed by atoms with van der Waals surface area (Å²) in [5, 5.41) is 5.17. The molecule has 2 fully saturated rings. The minimum Gasteiger partial charge on any atom is -0.342 e. The highest BCUT2D eigenvalue weighted by Crippen LogP contribution is 2.44. The number of carbonyl (C=O) groups is 3. The van der Waals surface area contributed by atoms with Crippen molar-refractivity contribution in [3.8, 4) is 0 Å². The number of carbonyl (C=O) groups excluding carboxylic acids is 3. The predicted molar refractivity (Wildman–Crippen MR) is 101 cm³/mol. The molecule has 1 aliphatic carbocycles. The second-order valence-corrected chi connectivity index (χ2v) is 8.52. The van der Waals surface area contributed by atoms with Gasteiger partial charge < -0.3 is 10.2 Å². The second-order valence-electron chi connectivity index (χ2n) is 8.11. The Morgan fingerprint density at radius 1 is 1.36 bits per heavy atom. The third-order valence-corrected chi connectivity index (χ3v) is 6.48. The molecular formula is C20H23ClFN3O3. The van der Waals surface area contributed by atoms with Gasteiger partial charge in [-0.05, 0) is 60.8 Å². The van der Waals surface area contributed by atoms with Crippen LogP contribution in [0.5, 0.6) is 0 Å². The molecule has 0 unspecified atom stereocenters. The Balaban J connectivity index is 1.44. The van der Waals surface area contributed by atoms with Crippen molar-refractivity contribution < 1.29 is 18.8 Å². The lowest BCUT2D eigenvalue weighted by atomic mass is 9.87. The van der Waals surface area contributed by atoms with Crippen molar-refractivity contribution in [2.24, 2.45) is 5.92 Å². The molecule has 4 amide bonds. The Bertz CT molecular complexity index is 857. The topological polar surface area (TPSA) is 78.5 Å². The van der Waals surface area contributed by atoms with Gasteiger partial charge in [0, 0.05) is 19.5 Å².